The van der Waals surface area contributed by atoms with Gasteiger partial charge in [-0.15, -0.1) is 0 Å². The third-order valence-corrected chi connectivity index (χ3v) is 2.90. The molecule has 0 amide bonds. The van der Waals surface area contributed by atoms with E-state index in [2.05, 4.69) is 12.2 Å². The summed E-state index contributed by atoms with van der Waals surface area (Å²) in [5.41, 5.74) is 0. The molecule has 13 heavy (non-hydrogen) atoms. The molecule has 3 heteroatoms. The summed E-state index contributed by atoms with van der Waals surface area (Å²) >= 11 is 0. The highest BCUT2D eigenvalue weighted by Crippen LogP contribution is 2.26. The van der Waals surface area contributed by atoms with E-state index in [0.29, 0.717) is 18.1 Å². The number of rotatable bonds is 5. The predicted octanol–water partition coefficient (Wildman–Crippen LogP) is 1.04. The molecule has 0 aromatic rings. The highest BCUT2D eigenvalue weighted by molar-refractivity contribution is 4.84. The highest BCUT2D eigenvalue weighted by Gasteiger charge is 2.32. The van der Waals surface area contributed by atoms with E-state index in [1.54, 1.807) is 7.11 Å². The minimum Gasteiger partial charge on any atom is -0.383 e. The fourth-order valence-electron chi connectivity index (χ4n) is 2.15. The van der Waals surface area contributed by atoms with Crippen LogP contribution in [0.3, 0.4) is 0 Å². The van der Waals surface area contributed by atoms with Gasteiger partial charge in [0, 0.05) is 25.7 Å². The predicted molar refractivity (Wildman–Crippen MR) is 52.9 cm³/mol. The van der Waals surface area contributed by atoms with Gasteiger partial charge in [0.05, 0.1) is 12.7 Å². The van der Waals surface area contributed by atoms with Crippen molar-refractivity contribution in [2.24, 2.45) is 5.92 Å². The number of ether oxygens (including phenoxy) is 2. The summed E-state index contributed by atoms with van der Waals surface area (Å²) in [5.74, 6) is 0.620. The molecule has 0 bridgehead atoms. The molecular formula is C10H21NO2. The van der Waals surface area contributed by atoms with Gasteiger partial charge in [-0.25, -0.2) is 0 Å². The molecule has 1 aliphatic rings. The Labute approximate surface area is 80.8 Å². The Morgan fingerprint density at radius 2 is 2.38 bits per heavy atom. The Morgan fingerprint density at radius 1 is 1.62 bits per heavy atom. The van der Waals surface area contributed by atoms with Crippen LogP contribution in [0.15, 0.2) is 0 Å². The van der Waals surface area contributed by atoms with Crippen LogP contribution in [0.5, 0.6) is 0 Å². The van der Waals surface area contributed by atoms with Gasteiger partial charge in [-0.05, 0) is 19.9 Å². The molecule has 3 unspecified atom stereocenters. The average molecular weight is 187 g/mol. The number of nitrogens with one attached hydrogen (secondary N) is 1. The van der Waals surface area contributed by atoms with Crippen LogP contribution in [-0.4, -0.2) is 39.5 Å². The number of methoxy groups -OCH3 is 1. The Kier molecular flexibility index (Phi) is 4.70. The van der Waals surface area contributed by atoms with Gasteiger partial charge in [-0.3, -0.25) is 0 Å². The van der Waals surface area contributed by atoms with Crippen LogP contribution in [0.2, 0.25) is 0 Å². The average Bonchev–Trinajstić information content (AvgIpc) is 2.61. The molecule has 3 nitrogen and oxygen atoms in total. The highest BCUT2D eigenvalue weighted by atomic mass is 16.5. The third-order valence-electron chi connectivity index (χ3n) is 2.90. The summed E-state index contributed by atoms with van der Waals surface area (Å²) in [5, 5.41) is 3.30. The van der Waals surface area contributed by atoms with E-state index in [-0.39, 0.29) is 0 Å². The minimum absolute atomic E-state index is 0.424. The lowest BCUT2D eigenvalue weighted by Gasteiger charge is -2.25. The van der Waals surface area contributed by atoms with E-state index in [9.17, 15) is 0 Å². The van der Waals surface area contributed by atoms with Gasteiger partial charge in [0.15, 0.2) is 0 Å². The lowest BCUT2D eigenvalue weighted by molar-refractivity contribution is 0.0620. The minimum atomic E-state index is 0.424. The van der Waals surface area contributed by atoms with Crippen molar-refractivity contribution in [1.29, 1.82) is 0 Å². The third kappa shape index (κ3) is 2.66. The van der Waals surface area contributed by atoms with Crippen molar-refractivity contribution in [2.45, 2.75) is 31.9 Å². The van der Waals surface area contributed by atoms with E-state index < -0.39 is 0 Å². The van der Waals surface area contributed by atoms with E-state index >= 15 is 0 Å². The zero-order chi connectivity index (χ0) is 9.68. The second kappa shape index (κ2) is 5.58. The van der Waals surface area contributed by atoms with Crippen LogP contribution in [0.4, 0.5) is 0 Å². The SMILES string of the molecule is CCC1OCCC1C(COC)NC. The van der Waals surface area contributed by atoms with Gasteiger partial charge in [-0.1, -0.05) is 6.92 Å². The first kappa shape index (κ1) is 11.0. The summed E-state index contributed by atoms with van der Waals surface area (Å²) in [7, 11) is 3.75. The second-order valence-corrected chi connectivity index (χ2v) is 3.62. The first-order valence-electron chi connectivity index (χ1n) is 5.11. The molecule has 1 heterocycles. The second-order valence-electron chi connectivity index (χ2n) is 3.62. The standard InChI is InChI=1S/C10H21NO2/c1-4-10-8(5-6-13-10)9(11-2)7-12-3/h8-11H,4-7H2,1-3H3. The largest absolute Gasteiger partial charge is 0.383 e. The topological polar surface area (TPSA) is 30.5 Å². The molecule has 78 valence electrons. The van der Waals surface area contributed by atoms with Crippen LogP contribution in [0.1, 0.15) is 19.8 Å². The fraction of sp³-hybridized carbons (Fsp3) is 1.00. The summed E-state index contributed by atoms with van der Waals surface area (Å²) in [6, 6.07) is 0.442. The van der Waals surface area contributed by atoms with E-state index in [0.717, 1.165) is 26.1 Å². The Morgan fingerprint density at radius 3 is 2.92 bits per heavy atom. The summed E-state index contributed by atoms with van der Waals surface area (Å²) in [6.45, 7) is 3.87. The maximum atomic E-state index is 5.65. The molecule has 0 radical (unpaired) electrons. The molecule has 1 saturated heterocycles. The molecular weight excluding hydrogens is 166 g/mol. The van der Waals surface area contributed by atoms with Crippen molar-refractivity contribution in [1.82, 2.24) is 5.32 Å². The smallest absolute Gasteiger partial charge is 0.0619 e. The molecule has 0 aromatic heterocycles. The summed E-state index contributed by atoms with van der Waals surface area (Å²) in [6.07, 6.45) is 2.69. The van der Waals surface area contributed by atoms with Crippen LogP contribution in [-0.2, 0) is 9.47 Å². The van der Waals surface area contributed by atoms with Crippen molar-refractivity contribution in [2.75, 3.05) is 27.4 Å². The van der Waals surface area contributed by atoms with Crippen molar-refractivity contribution >= 4 is 0 Å². The maximum absolute atomic E-state index is 5.65. The lowest BCUT2D eigenvalue weighted by Crippen LogP contribution is -2.41. The Bertz CT molecular complexity index is 141. The number of likely N-dealkylation sites (N-methyl/N-ethyl adjacent to an activating group) is 1. The first-order valence-corrected chi connectivity index (χ1v) is 5.11. The van der Waals surface area contributed by atoms with Crippen molar-refractivity contribution in [3.63, 3.8) is 0 Å². The van der Waals surface area contributed by atoms with Crippen LogP contribution >= 0.6 is 0 Å². The molecule has 1 rings (SSSR count). The van der Waals surface area contributed by atoms with Crippen molar-refractivity contribution in [3.8, 4) is 0 Å². The van der Waals surface area contributed by atoms with Gasteiger partial charge in [0.2, 0.25) is 0 Å². The fourth-order valence-corrected chi connectivity index (χ4v) is 2.15. The van der Waals surface area contributed by atoms with Gasteiger partial charge in [0.25, 0.3) is 0 Å². The van der Waals surface area contributed by atoms with Gasteiger partial charge in [0.1, 0.15) is 0 Å². The molecule has 1 aliphatic heterocycles. The van der Waals surface area contributed by atoms with E-state index in [4.69, 9.17) is 9.47 Å². The van der Waals surface area contributed by atoms with Crippen LogP contribution in [0.25, 0.3) is 0 Å². The molecule has 0 aliphatic carbocycles. The summed E-state index contributed by atoms with van der Waals surface area (Å²) in [4.78, 5) is 0. The monoisotopic (exact) mass is 187 g/mol. The molecule has 1 fully saturated rings. The molecule has 1 N–H and O–H groups in total. The molecule has 0 aromatic carbocycles. The lowest BCUT2D eigenvalue weighted by atomic mass is 9.92. The molecule has 0 spiro atoms. The van der Waals surface area contributed by atoms with Gasteiger partial charge in [-0.2, -0.15) is 0 Å². The zero-order valence-electron chi connectivity index (χ0n) is 8.88. The quantitative estimate of drug-likeness (QED) is 0.697. The normalized spacial score (nSPS) is 30.7. The van der Waals surface area contributed by atoms with Gasteiger partial charge >= 0.3 is 0 Å². The van der Waals surface area contributed by atoms with E-state index in [1.165, 1.54) is 0 Å². The Hall–Kier alpha value is -0.120. The van der Waals surface area contributed by atoms with Crippen molar-refractivity contribution < 1.29 is 9.47 Å². The van der Waals surface area contributed by atoms with Crippen LogP contribution < -0.4 is 5.32 Å². The van der Waals surface area contributed by atoms with Crippen LogP contribution in [0, 0.1) is 5.92 Å². The first-order chi connectivity index (χ1) is 6.33. The molecule has 0 saturated carbocycles. The van der Waals surface area contributed by atoms with Crippen molar-refractivity contribution in [3.05, 3.63) is 0 Å². The van der Waals surface area contributed by atoms with E-state index in [1.807, 2.05) is 7.05 Å². The summed E-state index contributed by atoms with van der Waals surface area (Å²) < 4.78 is 10.8. The Balaban J connectivity index is 2.46. The number of hydrogen-bond acceptors (Lipinski definition) is 3. The van der Waals surface area contributed by atoms with Gasteiger partial charge < -0.3 is 14.8 Å². The zero-order valence-corrected chi connectivity index (χ0v) is 8.88. The molecule has 3 atom stereocenters. The maximum Gasteiger partial charge on any atom is 0.0619 e. The number of hydrogen-bond donors (Lipinski definition) is 1.